The van der Waals surface area contributed by atoms with Gasteiger partial charge in [0.15, 0.2) is 0 Å². The second-order valence-electron chi connectivity index (χ2n) is 2.08. The highest BCUT2D eigenvalue weighted by atomic mass is 19.1. The number of rotatable bonds is 4. The van der Waals surface area contributed by atoms with Gasteiger partial charge in [-0.25, -0.2) is 4.79 Å². The van der Waals surface area contributed by atoms with Gasteiger partial charge in [0.2, 0.25) is 5.83 Å². The van der Waals surface area contributed by atoms with Crippen LogP contribution in [0.5, 0.6) is 0 Å². The highest BCUT2D eigenvalue weighted by molar-refractivity contribution is 5.86. The Morgan fingerprint density at radius 3 is 2.54 bits per heavy atom. The Kier molecular flexibility index (Phi) is 5.19. The molecule has 0 radical (unpaired) electrons. The van der Waals surface area contributed by atoms with Crippen LogP contribution in [0.15, 0.2) is 49.0 Å². The fourth-order valence-electron chi connectivity index (χ4n) is 0.514. The molecule has 0 aromatic rings. The first-order valence-electron chi connectivity index (χ1n) is 3.63. The van der Waals surface area contributed by atoms with Crippen LogP contribution in [-0.4, -0.2) is 5.97 Å². The average molecular weight is 182 g/mol. The minimum absolute atomic E-state index is 0.253. The van der Waals surface area contributed by atoms with Crippen LogP contribution in [0.4, 0.5) is 4.39 Å². The van der Waals surface area contributed by atoms with E-state index in [4.69, 9.17) is 0 Å². The zero-order chi connectivity index (χ0) is 10.3. The van der Waals surface area contributed by atoms with E-state index >= 15 is 0 Å². The third kappa shape index (κ3) is 4.74. The second kappa shape index (κ2) is 5.94. The summed E-state index contributed by atoms with van der Waals surface area (Å²) < 4.78 is 16.7. The van der Waals surface area contributed by atoms with Crippen molar-refractivity contribution in [2.24, 2.45) is 0 Å². The lowest BCUT2D eigenvalue weighted by Crippen LogP contribution is -2.02. The van der Waals surface area contributed by atoms with Gasteiger partial charge < -0.3 is 4.74 Å². The minimum atomic E-state index is -1.12. The molecule has 0 aromatic heterocycles. The number of hydrogen-bond donors (Lipinski definition) is 0. The van der Waals surface area contributed by atoms with E-state index in [0.29, 0.717) is 0 Å². The van der Waals surface area contributed by atoms with Crippen LogP contribution in [0.1, 0.15) is 6.92 Å². The summed E-state index contributed by atoms with van der Waals surface area (Å²) in [5, 5.41) is 0. The van der Waals surface area contributed by atoms with Crippen molar-refractivity contribution in [3.05, 3.63) is 49.0 Å². The van der Waals surface area contributed by atoms with Crippen LogP contribution < -0.4 is 0 Å². The molecule has 0 amide bonds. The molecule has 0 aliphatic rings. The maximum atomic E-state index is 12.2. The van der Waals surface area contributed by atoms with Crippen molar-refractivity contribution in [2.75, 3.05) is 0 Å². The van der Waals surface area contributed by atoms with Gasteiger partial charge in [0.1, 0.15) is 5.76 Å². The third-order valence-corrected chi connectivity index (χ3v) is 1.11. The van der Waals surface area contributed by atoms with E-state index in [1.54, 1.807) is 13.0 Å². The lowest BCUT2D eigenvalue weighted by Gasteiger charge is -2.00. The number of esters is 1. The molecule has 3 heteroatoms. The number of ether oxygens (including phenoxy) is 1. The zero-order valence-electron chi connectivity index (χ0n) is 7.42. The van der Waals surface area contributed by atoms with Gasteiger partial charge in [0.25, 0.3) is 0 Å². The van der Waals surface area contributed by atoms with E-state index in [-0.39, 0.29) is 5.76 Å². The number of hydrogen-bond acceptors (Lipinski definition) is 2. The van der Waals surface area contributed by atoms with E-state index < -0.39 is 11.8 Å². The van der Waals surface area contributed by atoms with Gasteiger partial charge >= 0.3 is 5.97 Å². The van der Waals surface area contributed by atoms with Crippen molar-refractivity contribution in [2.45, 2.75) is 6.92 Å². The molecule has 0 spiro atoms. The van der Waals surface area contributed by atoms with Gasteiger partial charge in [-0.1, -0.05) is 25.3 Å². The van der Waals surface area contributed by atoms with Crippen molar-refractivity contribution < 1.29 is 13.9 Å². The Morgan fingerprint density at radius 1 is 1.54 bits per heavy atom. The molecule has 0 atom stereocenters. The predicted molar refractivity (Wildman–Crippen MR) is 49.4 cm³/mol. The van der Waals surface area contributed by atoms with Crippen LogP contribution >= 0.6 is 0 Å². The molecule has 2 nitrogen and oxygen atoms in total. The SMILES string of the molecule is C=C/C=C\C(=C/C)OC(=O)C(=C)F. The van der Waals surface area contributed by atoms with Crippen molar-refractivity contribution in [1.29, 1.82) is 0 Å². The van der Waals surface area contributed by atoms with Crippen molar-refractivity contribution in [3.63, 3.8) is 0 Å². The number of halogens is 1. The maximum Gasteiger partial charge on any atom is 0.371 e. The van der Waals surface area contributed by atoms with E-state index in [9.17, 15) is 9.18 Å². The summed E-state index contributed by atoms with van der Waals surface area (Å²) >= 11 is 0. The molecule has 0 saturated carbocycles. The van der Waals surface area contributed by atoms with Gasteiger partial charge in [0.05, 0.1) is 0 Å². The molecular formula is C10H11FO2. The smallest absolute Gasteiger partial charge is 0.371 e. The average Bonchev–Trinajstić information content (AvgIpc) is 2.11. The van der Waals surface area contributed by atoms with E-state index in [2.05, 4.69) is 17.9 Å². The van der Waals surface area contributed by atoms with Crippen LogP contribution in [-0.2, 0) is 9.53 Å². The van der Waals surface area contributed by atoms with Gasteiger partial charge in [-0.2, -0.15) is 4.39 Å². The summed E-state index contributed by atoms with van der Waals surface area (Å²) in [4.78, 5) is 10.7. The van der Waals surface area contributed by atoms with Crippen molar-refractivity contribution in [3.8, 4) is 0 Å². The van der Waals surface area contributed by atoms with Gasteiger partial charge in [-0.05, 0) is 19.1 Å². The summed E-state index contributed by atoms with van der Waals surface area (Å²) in [7, 11) is 0. The lowest BCUT2D eigenvalue weighted by atomic mass is 10.4. The minimum Gasteiger partial charge on any atom is -0.422 e. The van der Waals surface area contributed by atoms with E-state index in [1.165, 1.54) is 18.2 Å². The molecule has 0 rings (SSSR count). The predicted octanol–water partition coefficient (Wildman–Crippen LogP) is 2.66. The maximum absolute atomic E-state index is 12.2. The molecule has 0 N–H and O–H groups in total. The molecular weight excluding hydrogens is 171 g/mol. The molecule has 0 saturated heterocycles. The van der Waals surface area contributed by atoms with Crippen molar-refractivity contribution >= 4 is 5.97 Å². The van der Waals surface area contributed by atoms with Crippen LogP contribution in [0.25, 0.3) is 0 Å². The molecule has 0 aliphatic carbocycles. The van der Waals surface area contributed by atoms with Gasteiger partial charge in [-0.15, -0.1) is 0 Å². The van der Waals surface area contributed by atoms with Crippen molar-refractivity contribution in [1.82, 2.24) is 0 Å². The Balaban J connectivity index is 4.31. The quantitative estimate of drug-likeness (QED) is 0.289. The normalized spacial score (nSPS) is 11.4. The third-order valence-electron chi connectivity index (χ3n) is 1.11. The van der Waals surface area contributed by atoms with Crippen LogP contribution in [0.2, 0.25) is 0 Å². The topological polar surface area (TPSA) is 26.3 Å². The van der Waals surface area contributed by atoms with Gasteiger partial charge in [-0.3, -0.25) is 0 Å². The fourth-order valence-corrected chi connectivity index (χ4v) is 0.514. The zero-order valence-corrected chi connectivity index (χ0v) is 7.42. The molecule has 0 bridgehead atoms. The second-order valence-corrected chi connectivity index (χ2v) is 2.08. The Bertz CT molecular complexity index is 275. The Labute approximate surface area is 76.7 Å². The summed E-state index contributed by atoms with van der Waals surface area (Å²) in [6.07, 6.45) is 6.11. The highest BCUT2D eigenvalue weighted by Gasteiger charge is 2.07. The fraction of sp³-hybridized carbons (Fsp3) is 0.100. The van der Waals surface area contributed by atoms with Crippen LogP contribution in [0, 0.1) is 0 Å². The Hall–Kier alpha value is -1.64. The first-order valence-corrected chi connectivity index (χ1v) is 3.63. The lowest BCUT2D eigenvalue weighted by molar-refractivity contribution is -0.136. The molecule has 0 unspecified atom stereocenters. The highest BCUT2D eigenvalue weighted by Crippen LogP contribution is 2.05. The summed E-state index contributed by atoms with van der Waals surface area (Å²) in [6.45, 7) is 7.91. The standard InChI is InChI=1S/C10H11FO2/c1-4-6-7-9(5-2)13-10(12)8(3)11/h4-7H,1,3H2,2H3/b7-6-,9-5+. The number of carbonyl (C=O) groups excluding carboxylic acids is 1. The first-order chi connectivity index (χ1) is 6.11. The summed E-state index contributed by atoms with van der Waals surface area (Å²) in [5.41, 5.74) is 0. The van der Waals surface area contributed by atoms with E-state index in [1.807, 2.05) is 0 Å². The molecule has 0 aromatic carbocycles. The largest absolute Gasteiger partial charge is 0.422 e. The molecule has 0 heterocycles. The van der Waals surface area contributed by atoms with Crippen LogP contribution in [0.3, 0.4) is 0 Å². The molecule has 70 valence electrons. The first kappa shape index (κ1) is 11.4. The molecule has 13 heavy (non-hydrogen) atoms. The van der Waals surface area contributed by atoms with Gasteiger partial charge in [0, 0.05) is 0 Å². The summed E-state index contributed by atoms with van der Waals surface area (Å²) in [5.74, 6) is -1.95. The number of allylic oxidation sites excluding steroid dienone is 4. The summed E-state index contributed by atoms with van der Waals surface area (Å²) in [6, 6.07) is 0. The monoisotopic (exact) mass is 182 g/mol. The molecule has 0 fully saturated rings. The molecule has 0 aliphatic heterocycles. The Morgan fingerprint density at radius 2 is 2.15 bits per heavy atom. The van der Waals surface area contributed by atoms with E-state index in [0.717, 1.165) is 0 Å². The number of carbonyl (C=O) groups is 1.